The van der Waals surface area contributed by atoms with Gasteiger partial charge in [-0.2, -0.15) is 0 Å². The number of carbonyl (C=O) groups excluding carboxylic acids is 2. The number of aromatic nitrogens is 1. The fourth-order valence-corrected chi connectivity index (χ4v) is 7.02. The van der Waals surface area contributed by atoms with Crippen LogP contribution in [0.5, 0.6) is 5.19 Å². The van der Waals surface area contributed by atoms with Gasteiger partial charge in [-0.05, 0) is 48.9 Å². The van der Waals surface area contributed by atoms with E-state index in [1.165, 1.54) is 11.3 Å². The summed E-state index contributed by atoms with van der Waals surface area (Å²) in [7, 11) is 0. The lowest BCUT2D eigenvalue weighted by molar-refractivity contribution is -0.139. The van der Waals surface area contributed by atoms with Crippen LogP contribution in [0.25, 0.3) is 10.2 Å². The number of carboxylic acids is 1. The Morgan fingerprint density at radius 1 is 1.05 bits per heavy atom. The number of fused-ring (bicyclic) bond motifs is 1. The van der Waals surface area contributed by atoms with Crippen LogP contribution in [0.3, 0.4) is 0 Å². The van der Waals surface area contributed by atoms with Gasteiger partial charge in [0.25, 0.3) is 5.19 Å². The van der Waals surface area contributed by atoms with Crippen molar-refractivity contribution in [2.24, 2.45) is 23.5 Å². The molecule has 4 N–H and O–H groups in total. The summed E-state index contributed by atoms with van der Waals surface area (Å²) in [4.78, 5) is 43.6. The summed E-state index contributed by atoms with van der Waals surface area (Å²) < 4.78 is 7.17. The third-order valence-electron chi connectivity index (χ3n) is 8.62. The molecule has 1 aliphatic carbocycles. The molecule has 3 aromatic rings. The van der Waals surface area contributed by atoms with Gasteiger partial charge in [0.1, 0.15) is 18.2 Å². The van der Waals surface area contributed by atoms with Crippen molar-refractivity contribution >= 4 is 45.0 Å². The first-order valence-corrected chi connectivity index (χ1v) is 15.8. The predicted octanol–water partition coefficient (Wildman–Crippen LogP) is 5.31. The van der Waals surface area contributed by atoms with E-state index in [-0.39, 0.29) is 24.5 Å². The number of primary amides is 1. The molecule has 2 fully saturated rings. The Morgan fingerprint density at radius 2 is 1.76 bits per heavy atom. The van der Waals surface area contributed by atoms with E-state index in [1.54, 1.807) is 4.90 Å². The highest BCUT2D eigenvalue weighted by atomic mass is 32.1. The maximum Gasteiger partial charge on any atom is 0.306 e. The highest BCUT2D eigenvalue weighted by Gasteiger charge is 2.46. The number of likely N-dealkylation sites (tertiary alicyclic amines) is 1. The van der Waals surface area contributed by atoms with Gasteiger partial charge in [-0.15, -0.1) is 0 Å². The number of aliphatic carboxylic acids is 1. The molecule has 2 aromatic carbocycles. The zero-order valence-electron chi connectivity index (χ0n) is 24.0. The second-order valence-electron chi connectivity index (χ2n) is 11.7. The minimum atomic E-state index is -0.740. The van der Waals surface area contributed by atoms with Crippen LogP contribution in [0, 0.1) is 17.8 Å². The molecule has 2 aliphatic rings. The number of ether oxygens (including phenoxy) is 1. The van der Waals surface area contributed by atoms with E-state index < -0.39 is 24.0 Å². The first-order chi connectivity index (χ1) is 20.3. The SMILES string of the molecule is CC(CCCCCCC(Nc1ccccc1)C(=O)N1C[C@H](Oc2nc3ccccc3s2)C[C@H]1C(N)=O)[C@@H]1C[C@@H]1C(=O)O. The number of para-hydroxylation sites is 2. The lowest BCUT2D eigenvalue weighted by Gasteiger charge is -2.28. The van der Waals surface area contributed by atoms with E-state index in [0.717, 1.165) is 54.4 Å². The minimum absolute atomic E-state index is 0.153. The van der Waals surface area contributed by atoms with Gasteiger partial charge in [-0.3, -0.25) is 14.4 Å². The number of nitrogens with zero attached hydrogens (tertiary/aromatic N) is 2. The smallest absolute Gasteiger partial charge is 0.306 e. The van der Waals surface area contributed by atoms with Crippen molar-refractivity contribution in [1.82, 2.24) is 9.88 Å². The van der Waals surface area contributed by atoms with Crippen LogP contribution in [0.4, 0.5) is 5.69 Å². The first kappa shape index (κ1) is 29.8. The highest BCUT2D eigenvalue weighted by molar-refractivity contribution is 7.20. The Bertz CT molecular complexity index is 1350. The van der Waals surface area contributed by atoms with E-state index in [2.05, 4.69) is 17.2 Å². The largest absolute Gasteiger partial charge is 0.481 e. The van der Waals surface area contributed by atoms with Crippen LogP contribution in [0.2, 0.25) is 0 Å². The van der Waals surface area contributed by atoms with E-state index in [4.69, 9.17) is 10.5 Å². The molecule has 6 atom stereocenters. The van der Waals surface area contributed by atoms with Crippen molar-refractivity contribution in [3.8, 4) is 5.19 Å². The summed E-state index contributed by atoms with van der Waals surface area (Å²) in [5.41, 5.74) is 7.47. The van der Waals surface area contributed by atoms with Crippen LogP contribution in [0.15, 0.2) is 54.6 Å². The zero-order valence-corrected chi connectivity index (χ0v) is 24.8. The van der Waals surface area contributed by atoms with Gasteiger partial charge >= 0.3 is 5.97 Å². The summed E-state index contributed by atoms with van der Waals surface area (Å²) in [6, 6.07) is 16.2. The van der Waals surface area contributed by atoms with Gasteiger partial charge in [0.05, 0.1) is 22.7 Å². The molecule has 1 saturated heterocycles. The topological polar surface area (TPSA) is 135 Å². The van der Waals surface area contributed by atoms with Crippen molar-refractivity contribution in [3.63, 3.8) is 0 Å². The molecule has 1 aromatic heterocycles. The molecule has 42 heavy (non-hydrogen) atoms. The number of carboxylic acid groups (broad SMARTS) is 1. The molecular weight excluding hydrogens is 552 g/mol. The third-order valence-corrected chi connectivity index (χ3v) is 9.55. The normalized spacial score (nSPS) is 22.9. The quantitative estimate of drug-likeness (QED) is 0.204. The summed E-state index contributed by atoms with van der Waals surface area (Å²) >= 11 is 1.45. The fourth-order valence-electron chi connectivity index (χ4n) is 6.14. The monoisotopic (exact) mass is 592 g/mol. The van der Waals surface area contributed by atoms with Gasteiger partial charge in [-0.1, -0.05) is 80.7 Å². The standard InChI is InChI=1S/C32H40N4O5S/c1-20(23-18-24(23)31(39)40)11-5-2-3-8-15-26(34-21-12-6-4-7-13-21)30(38)36-19-22(17-27(36)29(33)37)41-32-35-25-14-9-10-16-28(25)42-32/h4,6-7,9-10,12-14,16,20,22-24,26-27,34H,2-3,5,8,11,15,17-19H2,1H3,(H2,33,37)(H,39,40)/t20?,22-,23+,24+,26?,27+/m1/s1. The van der Waals surface area contributed by atoms with E-state index in [0.29, 0.717) is 29.9 Å². The molecule has 5 rings (SSSR count). The van der Waals surface area contributed by atoms with Crippen molar-refractivity contribution < 1.29 is 24.2 Å². The summed E-state index contributed by atoms with van der Waals surface area (Å²) in [5, 5.41) is 13.1. The Morgan fingerprint density at radius 3 is 2.45 bits per heavy atom. The van der Waals surface area contributed by atoms with Crippen molar-refractivity contribution in [2.75, 3.05) is 11.9 Å². The van der Waals surface area contributed by atoms with Crippen molar-refractivity contribution in [3.05, 3.63) is 54.6 Å². The molecule has 0 radical (unpaired) electrons. The maximum absolute atomic E-state index is 13.9. The van der Waals surface area contributed by atoms with Crippen LogP contribution in [-0.4, -0.2) is 57.5 Å². The zero-order chi connectivity index (χ0) is 29.6. The molecule has 0 spiro atoms. The molecule has 10 heteroatoms. The average molecular weight is 593 g/mol. The van der Waals surface area contributed by atoms with Crippen LogP contribution < -0.4 is 15.8 Å². The number of amides is 2. The van der Waals surface area contributed by atoms with Crippen LogP contribution in [0.1, 0.15) is 58.3 Å². The molecule has 224 valence electrons. The number of benzene rings is 2. The number of thiazole rings is 1. The van der Waals surface area contributed by atoms with Crippen LogP contribution >= 0.6 is 11.3 Å². The Kier molecular flexibility index (Phi) is 9.62. The van der Waals surface area contributed by atoms with E-state index in [9.17, 15) is 19.5 Å². The third kappa shape index (κ3) is 7.40. The molecule has 9 nitrogen and oxygen atoms in total. The molecule has 2 heterocycles. The Labute approximate surface area is 250 Å². The fraction of sp³-hybridized carbons (Fsp3) is 0.500. The molecular formula is C32H40N4O5S. The first-order valence-electron chi connectivity index (χ1n) is 15.0. The van der Waals surface area contributed by atoms with Gasteiger partial charge in [0.15, 0.2) is 0 Å². The molecule has 0 bridgehead atoms. The molecule has 2 amide bonds. The Hall–Kier alpha value is -3.66. The minimum Gasteiger partial charge on any atom is -0.481 e. The molecule has 1 aliphatic heterocycles. The number of hydrogen-bond donors (Lipinski definition) is 3. The van der Waals surface area contributed by atoms with Gasteiger partial charge in [0.2, 0.25) is 11.8 Å². The molecule has 2 unspecified atom stereocenters. The lowest BCUT2D eigenvalue weighted by atomic mass is 9.96. The Balaban J connectivity index is 1.17. The van der Waals surface area contributed by atoms with E-state index >= 15 is 0 Å². The van der Waals surface area contributed by atoms with Gasteiger partial charge < -0.3 is 25.8 Å². The highest BCUT2D eigenvalue weighted by Crippen LogP contribution is 2.46. The summed E-state index contributed by atoms with van der Waals surface area (Å²) in [6.45, 7) is 2.43. The number of carbonyl (C=O) groups is 3. The number of anilines is 1. The van der Waals surface area contributed by atoms with Crippen LogP contribution in [-0.2, 0) is 14.4 Å². The average Bonchev–Trinajstić information content (AvgIpc) is 3.52. The number of nitrogens with one attached hydrogen (secondary N) is 1. The second kappa shape index (κ2) is 13.5. The van der Waals surface area contributed by atoms with Gasteiger partial charge in [0, 0.05) is 12.1 Å². The molecule has 1 saturated carbocycles. The van der Waals surface area contributed by atoms with Gasteiger partial charge in [-0.25, -0.2) is 4.98 Å². The van der Waals surface area contributed by atoms with Crippen molar-refractivity contribution in [2.45, 2.75) is 76.5 Å². The summed E-state index contributed by atoms with van der Waals surface area (Å²) in [6.07, 6.45) is 6.33. The van der Waals surface area contributed by atoms with E-state index in [1.807, 2.05) is 54.6 Å². The lowest BCUT2D eigenvalue weighted by Crippen LogP contribution is -2.49. The number of unbranched alkanes of at least 4 members (excludes halogenated alkanes) is 3. The predicted molar refractivity (Wildman–Crippen MR) is 163 cm³/mol. The second-order valence-corrected chi connectivity index (χ2v) is 12.7. The summed E-state index contributed by atoms with van der Waals surface area (Å²) in [5.74, 6) is -0.761. The van der Waals surface area contributed by atoms with Crippen molar-refractivity contribution in [1.29, 1.82) is 0 Å². The number of nitrogens with two attached hydrogens (primary N) is 1. The number of hydrogen-bond acceptors (Lipinski definition) is 7. The number of rotatable bonds is 15. The maximum atomic E-state index is 13.9.